The van der Waals surface area contributed by atoms with Gasteiger partial charge in [-0.25, -0.2) is 0 Å². The van der Waals surface area contributed by atoms with E-state index in [0.717, 1.165) is 0 Å². The van der Waals surface area contributed by atoms with Crippen LogP contribution in [0.4, 0.5) is 20.2 Å². The van der Waals surface area contributed by atoms with Crippen molar-refractivity contribution in [3.05, 3.63) is 17.7 Å². The number of carbonyl (C=O) groups excluding carboxylic acids is 1. The monoisotopic (exact) mass is 260 g/mol. The van der Waals surface area contributed by atoms with Crippen molar-refractivity contribution < 1.29 is 23.0 Å². The third-order valence-corrected chi connectivity index (χ3v) is 2.14. The summed E-state index contributed by atoms with van der Waals surface area (Å²) in [5.74, 6) is -0.659. The van der Waals surface area contributed by atoms with Gasteiger partial charge in [-0.3, -0.25) is 4.79 Å². The SMILES string of the molecule is CCOC(=O)Cc1cc(OC(F)F)cc(N)c1N. The molecule has 0 bridgehead atoms. The van der Waals surface area contributed by atoms with Crippen molar-refractivity contribution in [1.82, 2.24) is 0 Å². The van der Waals surface area contributed by atoms with Crippen molar-refractivity contribution in [1.29, 1.82) is 0 Å². The number of halogens is 2. The molecule has 0 aliphatic carbocycles. The molecule has 18 heavy (non-hydrogen) atoms. The molecular weight excluding hydrogens is 246 g/mol. The van der Waals surface area contributed by atoms with E-state index in [1.165, 1.54) is 12.1 Å². The largest absolute Gasteiger partial charge is 0.466 e. The smallest absolute Gasteiger partial charge is 0.387 e. The average molecular weight is 260 g/mol. The van der Waals surface area contributed by atoms with Gasteiger partial charge in [0.05, 0.1) is 24.4 Å². The molecule has 0 atom stereocenters. The first-order chi connectivity index (χ1) is 8.43. The topological polar surface area (TPSA) is 87.6 Å². The van der Waals surface area contributed by atoms with Gasteiger partial charge in [-0.1, -0.05) is 0 Å². The van der Waals surface area contributed by atoms with E-state index in [2.05, 4.69) is 4.74 Å². The third kappa shape index (κ3) is 3.76. The summed E-state index contributed by atoms with van der Waals surface area (Å²) in [6, 6.07) is 2.42. The Morgan fingerprint density at radius 1 is 1.39 bits per heavy atom. The van der Waals surface area contributed by atoms with Gasteiger partial charge in [-0.15, -0.1) is 0 Å². The van der Waals surface area contributed by atoms with Crippen LogP contribution in [0.25, 0.3) is 0 Å². The van der Waals surface area contributed by atoms with Gasteiger partial charge >= 0.3 is 12.6 Å². The molecule has 0 unspecified atom stereocenters. The second-order valence-electron chi connectivity index (χ2n) is 3.45. The summed E-state index contributed by atoms with van der Waals surface area (Å²) in [4.78, 5) is 11.3. The van der Waals surface area contributed by atoms with E-state index in [1.54, 1.807) is 6.92 Å². The number of rotatable bonds is 5. The number of anilines is 2. The molecule has 0 radical (unpaired) electrons. The first-order valence-electron chi connectivity index (χ1n) is 5.22. The highest BCUT2D eigenvalue weighted by molar-refractivity contribution is 5.79. The van der Waals surface area contributed by atoms with Gasteiger partial charge in [0.25, 0.3) is 0 Å². The number of hydrogen-bond donors (Lipinski definition) is 2. The first-order valence-corrected chi connectivity index (χ1v) is 5.22. The molecule has 0 fully saturated rings. The van der Waals surface area contributed by atoms with Gasteiger partial charge in [0.15, 0.2) is 0 Å². The number of nitrogens with two attached hydrogens (primary N) is 2. The van der Waals surface area contributed by atoms with Crippen LogP contribution in [-0.2, 0) is 16.0 Å². The van der Waals surface area contributed by atoms with E-state index in [1.807, 2.05) is 0 Å². The minimum Gasteiger partial charge on any atom is -0.466 e. The number of carbonyl (C=O) groups is 1. The minimum absolute atomic E-state index is 0.0763. The molecule has 7 heteroatoms. The molecule has 0 spiro atoms. The molecule has 0 amide bonds. The zero-order chi connectivity index (χ0) is 13.7. The number of hydrogen-bond acceptors (Lipinski definition) is 5. The predicted molar refractivity (Wildman–Crippen MR) is 62.2 cm³/mol. The predicted octanol–water partition coefficient (Wildman–Crippen LogP) is 1.56. The van der Waals surface area contributed by atoms with Gasteiger partial charge in [0, 0.05) is 6.07 Å². The van der Waals surface area contributed by atoms with Crippen molar-refractivity contribution in [2.24, 2.45) is 0 Å². The van der Waals surface area contributed by atoms with Gasteiger partial charge in [0.1, 0.15) is 5.75 Å². The van der Waals surface area contributed by atoms with Crippen LogP contribution in [0.15, 0.2) is 12.1 Å². The summed E-state index contributed by atoms with van der Waals surface area (Å²) in [7, 11) is 0. The van der Waals surface area contributed by atoms with Crippen molar-refractivity contribution in [3.8, 4) is 5.75 Å². The van der Waals surface area contributed by atoms with E-state index >= 15 is 0 Å². The molecule has 0 aromatic heterocycles. The Hall–Kier alpha value is -2.05. The second-order valence-corrected chi connectivity index (χ2v) is 3.45. The normalized spacial score (nSPS) is 10.4. The van der Waals surface area contributed by atoms with Gasteiger partial charge in [-0.2, -0.15) is 8.78 Å². The molecule has 1 aromatic rings. The Morgan fingerprint density at radius 2 is 2.06 bits per heavy atom. The van der Waals surface area contributed by atoms with Crippen LogP contribution < -0.4 is 16.2 Å². The first kappa shape index (κ1) is 14.0. The van der Waals surface area contributed by atoms with Crippen molar-refractivity contribution >= 4 is 17.3 Å². The number of alkyl halides is 2. The molecule has 0 saturated heterocycles. The molecule has 1 rings (SSSR count). The maximum atomic E-state index is 12.1. The quantitative estimate of drug-likeness (QED) is 0.619. The summed E-state index contributed by atoms with van der Waals surface area (Å²) < 4.78 is 33.1. The number of benzene rings is 1. The van der Waals surface area contributed by atoms with Crippen LogP contribution in [0.1, 0.15) is 12.5 Å². The fourth-order valence-electron chi connectivity index (χ4n) is 1.39. The lowest BCUT2D eigenvalue weighted by molar-refractivity contribution is -0.142. The Kier molecular flexibility index (Phi) is 4.70. The lowest BCUT2D eigenvalue weighted by Crippen LogP contribution is -2.11. The molecule has 4 N–H and O–H groups in total. The minimum atomic E-state index is -2.97. The van der Waals surface area contributed by atoms with Crippen molar-refractivity contribution in [2.75, 3.05) is 18.1 Å². The Balaban J connectivity index is 2.95. The van der Waals surface area contributed by atoms with Crippen LogP contribution in [0.3, 0.4) is 0 Å². The van der Waals surface area contributed by atoms with Gasteiger partial charge in [0.2, 0.25) is 0 Å². The van der Waals surface area contributed by atoms with E-state index < -0.39 is 12.6 Å². The third-order valence-electron chi connectivity index (χ3n) is 2.14. The Bertz CT molecular complexity index is 439. The lowest BCUT2D eigenvalue weighted by atomic mass is 10.1. The highest BCUT2D eigenvalue weighted by Crippen LogP contribution is 2.28. The summed E-state index contributed by atoms with van der Waals surface area (Å²) in [5.41, 5.74) is 11.7. The molecule has 5 nitrogen and oxygen atoms in total. The number of nitrogen functional groups attached to an aromatic ring is 2. The van der Waals surface area contributed by atoms with E-state index in [4.69, 9.17) is 16.2 Å². The number of ether oxygens (including phenoxy) is 2. The molecule has 0 saturated carbocycles. The highest BCUT2D eigenvalue weighted by Gasteiger charge is 2.13. The summed E-state index contributed by atoms with van der Waals surface area (Å²) in [6.07, 6.45) is -0.149. The van der Waals surface area contributed by atoms with Crippen LogP contribution in [0.2, 0.25) is 0 Å². The molecule has 0 heterocycles. The van der Waals surface area contributed by atoms with Gasteiger partial charge in [-0.05, 0) is 18.6 Å². The van der Waals surface area contributed by atoms with Crippen LogP contribution in [-0.4, -0.2) is 19.2 Å². The molecule has 100 valence electrons. The molecular formula is C11H14F2N2O3. The van der Waals surface area contributed by atoms with Crippen LogP contribution >= 0.6 is 0 Å². The van der Waals surface area contributed by atoms with Crippen molar-refractivity contribution in [3.63, 3.8) is 0 Å². The van der Waals surface area contributed by atoms with Crippen molar-refractivity contribution in [2.45, 2.75) is 20.0 Å². The van der Waals surface area contributed by atoms with Gasteiger partial charge < -0.3 is 20.9 Å². The molecule has 0 aliphatic rings. The summed E-state index contributed by atoms with van der Waals surface area (Å²) in [6.45, 7) is -1.09. The summed E-state index contributed by atoms with van der Waals surface area (Å²) in [5, 5.41) is 0. The van der Waals surface area contributed by atoms with E-state index in [-0.39, 0.29) is 30.2 Å². The lowest BCUT2D eigenvalue weighted by Gasteiger charge is -2.11. The molecule has 1 aromatic carbocycles. The van der Waals surface area contributed by atoms with E-state index in [9.17, 15) is 13.6 Å². The fourth-order valence-corrected chi connectivity index (χ4v) is 1.39. The second kappa shape index (κ2) is 6.04. The number of esters is 1. The standard InChI is InChI=1S/C11H14F2N2O3/c1-2-17-9(16)4-6-3-7(18-11(12)13)5-8(14)10(6)15/h3,5,11H,2,4,14-15H2,1H3. The zero-order valence-corrected chi connectivity index (χ0v) is 9.78. The maximum absolute atomic E-state index is 12.1. The van der Waals surface area contributed by atoms with Crippen LogP contribution in [0, 0.1) is 0 Å². The Morgan fingerprint density at radius 3 is 2.61 bits per heavy atom. The maximum Gasteiger partial charge on any atom is 0.387 e. The summed E-state index contributed by atoms with van der Waals surface area (Å²) >= 11 is 0. The van der Waals surface area contributed by atoms with Crippen LogP contribution in [0.5, 0.6) is 5.75 Å². The highest BCUT2D eigenvalue weighted by atomic mass is 19.3. The Labute approximate surface area is 103 Å². The van der Waals surface area contributed by atoms with E-state index in [0.29, 0.717) is 5.56 Å². The zero-order valence-electron chi connectivity index (χ0n) is 9.78. The fraction of sp³-hybridized carbons (Fsp3) is 0.364. The average Bonchev–Trinajstić information content (AvgIpc) is 2.24. The molecule has 0 aliphatic heterocycles.